The number of imidazole rings is 1. The average molecular weight is 232 g/mol. The Morgan fingerprint density at radius 1 is 1.50 bits per heavy atom. The second-order valence-corrected chi connectivity index (χ2v) is 4.44. The van der Waals surface area contributed by atoms with E-state index in [0.29, 0.717) is 23.0 Å². The van der Waals surface area contributed by atoms with Crippen LogP contribution >= 0.6 is 11.6 Å². The summed E-state index contributed by atoms with van der Waals surface area (Å²) in [5.74, 6) is 1.02. The third-order valence-electron chi connectivity index (χ3n) is 2.93. The Morgan fingerprint density at radius 2 is 2.31 bits per heavy atom. The molecule has 3 rings (SSSR count). The van der Waals surface area contributed by atoms with E-state index in [-0.39, 0.29) is 0 Å². The third-order valence-corrected chi connectivity index (χ3v) is 3.20. The number of aromatic nitrogens is 2. The van der Waals surface area contributed by atoms with Gasteiger partial charge in [0.2, 0.25) is 0 Å². The maximum atomic E-state index is 9.11. The molecule has 3 nitrogen and oxygen atoms in total. The standard InChI is InChI=1S/C12H10ClN3/c13-4-11-7-16-6-10(8-1-2-8)3-9(5-14)12(16)15-11/h3,6-8H,1-2,4H2. The van der Waals surface area contributed by atoms with Crippen molar-refractivity contribution in [2.75, 3.05) is 0 Å². The molecule has 1 aliphatic carbocycles. The van der Waals surface area contributed by atoms with Gasteiger partial charge in [0, 0.05) is 12.4 Å². The number of hydrogen-bond acceptors (Lipinski definition) is 2. The fourth-order valence-corrected chi connectivity index (χ4v) is 2.09. The molecule has 0 saturated heterocycles. The lowest BCUT2D eigenvalue weighted by atomic mass is 10.1. The highest BCUT2D eigenvalue weighted by Crippen LogP contribution is 2.40. The molecular weight excluding hydrogens is 222 g/mol. The summed E-state index contributed by atoms with van der Waals surface area (Å²) in [5, 5.41) is 9.11. The minimum atomic E-state index is 0.380. The lowest BCUT2D eigenvalue weighted by molar-refractivity contribution is 1.05. The number of nitrogens with zero attached hydrogens (tertiary/aromatic N) is 3. The minimum absolute atomic E-state index is 0.380. The molecule has 2 heterocycles. The van der Waals surface area contributed by atoms with Gasteiger partial charge in [0.05, 0.1) is 17.1 Å². The lowest BCUT2D eigenvalue weighted by Crippen LogP contribution is -1.92. The van der Waals surface area contributed by atoms with Crippen LogP contribution in [0.5, 0.6) is 0 Å². The minimum Gasteiger partial charge on any atom is -0.305 e. The molecule has 1 aliphatic rings. The Kier molecular flexibility index (Phi) is 2.12. The lowest BCUT2D eigenvalue weighted by Gasteiger charge is -2.01. The highest BCUT2D eigenvalue weighted by molar-refractivity contribution is 6.16. The first kappa shape index (κ1) is 9.68. The molecular formula is C12H10ClN3. The Bertz CT molecular complexity index is 590. The normalized spacial score (nSPS) is 15.2. The van der Waals surface area contributed by atoms with Gasteiger partial charge in [-0.25, -0.2) is 4.98 Å². The van der Waals surface area contributed by atoms with Crippen LogP contribution < -0.4 is 0 Å². The summed E-state index contributed by atoms with van der Waals surface area (Å²) in [7, 11) is 0. The van der Waals surface area contributed by atoms with E-state index in [1.165, 1.54) is 18.4 Å². The van der Waals surface area contributed by atoms with Gasteiger partial charge in [-0.15, -0.1) is 11.6 Å². The van der Waals surface area contributed by atoms with Crippen molar-refractivity contribution in [3.63, 3.8) is 0 Å². The third kappa shape index (κ3) is 1.46. The Hall–Kier alpha value is -1.53. The van der Waals surface area contributed by atoms with Crippen LogP contribution in [0.15, 0.2) is 18.5 Å². The van der Waals surface area contributed by atoms with Crippen LogP contribution in [-0.4, -0.2) is 9.38 Å². The summed E-state index contributed by atoms with van der Waals surface area (Å²) < 4.78 is 1.92. The van der Waals surface area contributed by atoms with Crippen LogP contribution in [0.3, 0.4) is 0 Å². The summed E-state index contributed by atoms with van der Waals surface area (Å²) in [6, 6.07) is 4.16. The van der Waals surface area contributed by atoms with Gasteiger partial charge in [0.25, 0.3) is 0 Å². The average Bonchev–Trinajstić information content (AvgIpc) is 3.07. The van der Waals surface area contributed by atoms with Crippen molar-refractivity contribution in [2.45, 2.75) is 24.6 Å². The molecule has 0 N–H and O–H groups in total. The summed E-state index contributed by atoms with van der Waals surface area (Å²) in [6.45, 7) is 0. The summed E-state index contributed by atoms with van der Waals surface area (Å²) in [5.41, 5.74) is 3.40. The van der Waals surface area contributed by atoms with Gasteiger partial charge in [-0.2, -0.15) is 5.26 Å². The zero-order chi connectivity index (χ0) is 11.1. The Labute approximate surface area is 98.3 Å². The molecule has 0 atom stereocenters. The van der Waals surface area contributed by atoms with Gasteiger partial charge in [-0.1, -0.05) is 0 Å². The molecule has 2 aromatic heterocycles. The highest BCUT2D eigenvalue weighted by atomic mass is 35.5. The molecule has 4 heteroatoms. The van der Waals surface area contributed by atoms with Crippen LogP contribution in [0, 0.1) is 11.3 Å². The smallest absolute Gasteiger partial charge is 0.155 e. The first-order valence-corrected chi connectivity index (χ1v) is 5.83. The van der Waals surface area contributed by atoms with Gasteiger partial charge < -0.3 is 4.40 Å². The van der Waals surface area contributed by atoms with Gasteiger partial charge in [0.15, 0.2) is 5.65 Å². The second kappa shape index (κ2) is 3.50. The number of pyridine rings is 1. The van der Waals surface area contributed by atoms with E-state index in [2.05, 4.69) is 17.3 Å². The number of halogens is 1. The van der Waals surface area contributed by atoms with E-state index in [0.717, 1.165) is 5.69 Å². The topological polar surface area (TPSA) is 41.1 Å². The number of rotatable bonds is 2. The molecule has 80 valence electrons. The van der Waals surface area contributed by atoms with Crippen molar-refractivity contribution >= 4 is 17.2 Å². The summed E-state index contributed by atoms with van der Waals surface area (Å²) in [6.07, 6.45) is 6.42. The first-order valence-electron chi connectivity index (χ1n) is 5.29. The predicted octanol–water partition coefficient (Wildman–Crippen LogP) is 2.82. The highest BCUT2D eigenvalue weighted by Gasteiger charge is 2.25. The molecule has 0 spiro atoms. The fraction of sp³-hybridized carbons (Fsp3) is 0.333. The van der Waals surface area contributed by atoms with Crippen molar-refractivity contribution in [3.05, 3.63) is 35.3 Å². The first-order chi connectivity index (χ1) is 7.81. The molecule has 1 fully saturated rings. The van der Waals surface area contributed by atoms with Crippen molar-refractivity contribution in [1.29, 1.82) is 5.26 Å². The van der Waals surface area contributed by atoms with Gasteiger partial charge in [-0.3, -0.25) is 0 Å². The number of fused-ring (bicyclic) bond motifs is 1. The molecule has 16 heavy (non-hydrogen) atoms. The largest absolute Gasteiger partial charge is 0.305 e. The van der Waals surface area contributed by atoms with E-state index in [1.807, 2.05) is 16.7 Å². The zero-order valence-corrected chi connectivity index (χ0v) is 9.41. The Balaban J connectivity index is 2.24. The van der Waals surface area contributed by atoms with Gasteiger partial charge in [0.1, 0.15) is 6.07 Å². The molecule has 0 bridgehead atoms. The SMILES string of the molecule is N#Cc1cc(C2CC2)cn2cc(CCl)nc12. The van der Waals surface area contributed by atoms with Gasteiger partial charge in [-0.05, 0) is 30.4 Å². The molecule has 0 unspecified atom stereocenters. The fourth-order valence-electron chi connectivity index (χ4n) is 1.96. The van der Waals surface area contributed by atoms with E-state index in [1.54, 1.807) is 0 Å². The summed E-state index contributed by atoms with van der Waals surface area (Å²) >= 11 is 5.75. The zero-order valence-electron chi connectivity index (χ0n) is 8.65. The molecule has 0 amide bonds. The van der Waals surface area contributed by atoms with Crippen LogP contribution in [0.4, 0.5) is 0 Å². The van der Waals surface area contributed by atoms with Crippen molar-refractivity contribution < 1.29 is 0 Å². The van der Waals surface area contributed by atoms with Crippen molar-refractivity contribution in [1.82, 2.24) is 9.38 Å². The predicted molar refractivity (Wildman–Crippen MR) is 61.4 cm³/mol. The van der Waals surface area contributed by atoms with Crippen LogP contribution in [0.1, 0.15) is 35.6 Å². The van der Waals surface area contributed by atoms with Crippen LogP contribution in [-0.2, 0) is 5.88 Å². The van der Waals surface area contributed by atoms with Crippen molar-refractivity contribution in [3.8, 4) is 6.07 Å². The number of hydrogen-bond donors (Lipinski definition) is 0. The molecule has 0 radical (unpaired) electrons. The van der Waals surface area contributed by atoms with Crippen LogP contribution in [0.25, 0.3) is 5.65 Å². The maximum absolute atomic E-state index is 9.11. The van der Waals surface area contributed by atoms with Crippen molar-refractivity contribution in [2.24, 2.45) is 0 Å². The van der Waals surface area contributed by atoms with Crippen LogP contribution in [0.2, 0.25) is 0 Å². The maximum Gasteiger partial charge on any atom is 0.155 e. The second-order valence-electron chi connectivity index (χ2n) is 4.17. The number of alkyl halides is 1. The van der Waals surface area contributed by atoms with E-state index >= 15 is 0 Å². The summed E-state index contributed by atoms with van der Waals surface area (Å²) in [4.78, 5) is 4.33. The number of nitriles is 1. The molecule has 2 aromatic rings. The van der Waals surface area contributed by atoms with Gasteiger partial charge >= 0.3 is 0 Å². The molecule has 1 saturated carbocycles. The van der Waals surface area contributed by atoms with E-state index in [4.69, 9.17) is 16.9 Å². The monoisotopic (exact) mass is 231 g/mol. The molecule has 0 aliphatic heterocycles. The van der Waals surface area contributed by atoms with E-state index in [9.17, 15) is 0 Å². The Morgan fingerprint density at radius 3 is 2.94 bits per heavy atom. The quantitative estimate of drug-likeness (QED) is 0.746. The molecule has 0 aromatic carbocycles. The van der Waals surface area contributed by atoms with E-state index < -0.39 is 0 Å².